The van der Waals surface area contributed by atoms with Gasteiger partial charge < -0.3 is 20.3 Å². The van der Waals surface area contributed by atoms with E-state index in [0.29, 0.717) is 29.5 Å². The van der Waals surface area contributed by atoms with Gasteiger partial charge in [-0.25, -0.2) is 15.0 Å². The molecule has 5 rings (SSSR count). The summed E-state index contributed by atoms with van der Waals surface area (Å²) >= 11 is 0. The van der Waals surface area contributed by atoms with E-state index in [9.17, 15) is 9.90 Å². The Morgan fingerprint density at radius 3 is 2.50 bits per heavy atom. The molecule has 0 aliphatic heterocycles. The fraction of sp³-hybridized carbons (Fsp3) is 0.308. The number of hydrogen-bond donors (Lipinski definition) is 3. The predicted molar refractivity (Wildman–Crippen MR) is 132 cm³/mol. The van der Waals surface area contributed by atoms with E-state index in [-0.39, 0.29) is 17.7 Å². The Kier molecular flexibility index (Phi) is 5.88. The van der Waals surface area contributed by atoms with Gasteiger partial charge in [-0.3, -0.25) is 4.79 Å². The van der Waals surface area contributed by atoms with Crippen molar-refractivity contribution in [3.63, 3.8) is 0 Å². The number of rotatable bonds is 8. The maximum atomic E-state index is 12.4. The molecular weight excluding hydrogens is 428 g/mol. The number of aromatic hydroxyl groups is 1. The number of amides is 1. The molecule has 174 valence electrons. The topological polar surface area (TPSA) is 105 Å². The maximum absolute atomic E-state index is 12.4. The average molecular weight is 457 g/mol. The molecule has 2 heterocycles. The minimum Gasteiger partial charge on any atom is -0.508 e. The van der Waals surface area contributed by atoms with Crippen LogP contribution in [0.2, 0.25) is 0 Å². The number of phenolic OH excluding ortho intramolecular Hbond substituents is 1. The quantitative estimate of drug-likeness (QED) is 0.365. The van der Waals surface area contributed by atoms with Crippen molar-refractivity contribution in [1.82, 2.24) is 24.8 Å². The van der Waals surface area contributed by atoms with Crippen molar-refractivity contribution in [3.8, 4) is 17.1 Å². The van der Waals surface area contributed by atoms with E-state index >= 15 is 0 Å². The summed E-state index contributed by atoms with van der Waals surface area (Å²) in [5.74, 6) is 1.71. The summed E-state index contributed by atoms with van der Waals surface area (Å²) in [6.07, 6.45) is 4.47. The van der Waals surface area contributed by atoms with Gasteiger partial charge in [0.1, 0.15) is 17.9 Å². The first kappa shape index (κ1) is 21.9. The molecule has 0 bridgehead atoms. The van der Waals surface area contributed by atoms with Crippen LogP contribution in [-0.4, -0.2) is 43.1 Å². The van der Waals surface area contributed by atoms with Gasteiger partial charge in [0, 0.05) is 29.8 Å². The fourth-order valence-electron chi connectivity index (χ4n) is 3.99. The van der Waals surface area contributed by atoms with Crippen LogP contribution in [0.1, 0.15) is 48.7 Å². The van der Waals surface area contributed by atoms with Gasteiger partial charge in [-0.05, 0) is 62.9 Å². The minimum atomic E-state index is -0.0302. The van der Waals surface area contributed by atoms with Gasteiger partial charge in [0.15, 0.2) is 17.0 Å². The van der Waals surface area contributed by atoms with E-state index in [1.165, 1.54) is 0 Å². The van der Waals surface area contributed by atoms with E-state index in [1.807, 2.05) is 36.4 Å². The van der Waals surface area contributed by atoms with Crippen molar-refractivity contribution in [3.05, 3.63) is 66.0 Å². The summed E-state index contributed by atoms with van der Waals surface area (Å²) in [6.45, 7) is 4.87. The lowest BCUT2D eigenvalue weighted by molar-refractivity contribution is 0.0951. The van der Waals surface area contributed by atoms with Crippen LogP contribution in [-0.2, 0) is 6.42 Å². The van der Waals surface area contributed by atoms with Crippen molar-refractivity contribution in [2.24, 2.45) is 0 Å². The lowest BCUT2D eigenvalue weighted by Gasteiger charge is -2.13. The van der Waals surface area contributed by atoms with Crippen LogP contribution < -0.4 is 10.6 Å². The number of benzene rings is 2. The predicted octanol–water partition coefficient (Wildman–Crippen LogP) is 4.33. The van der Waals surface area contributed by atoms with Crippen LogP contribution in [0.4, 0.5) is 5.82 Å². The third kappa shape index (κ3) is 4.57. The zero-order valence-electron chi connectivity index (χ0n) is 19.3. The molecule has 2 aromatic heterocycles. The molecular formula is C26H28N6O2. The van der Waals surface area contributed by atoms with Crippen LogP contribution in [0.25, 0.3) is 22.6 Å². The van der Waals surface area contributed by atoms with E-state index in [4.69, 9.17) is 4.98 Å². The number of phenols is 1. The first-order valence-electron chi connectivity index (χ1n) is 11.7. The largest absolute Gasteiger partial charge is 0.508 e. The monoisotopic (exact) mass is 456 g/mol. The molecule has 0 saturated heterocycles. The molecule has 8 nitrogen and oxygen atoms in total. The molecule has 8 heteroatoms. The van der Waals surface area contributed by atoms with Crippen molar-refractivity contribution < 1.29 is 9.90 Å². The highest BCUT2D eigenvalue weighted by Crippen LogP contribution is 2.30. The van der Waals surface area contributed by atoms with Crippen molar-refractivity contribution >= 4 is 22.9 Å². The summed E-state index contributed by atoms with van der Waals surface area (Å²) in [5.41, 5.74) is 4.17. The highest BCUT2D eigenvalue weighted by Gasteiger charge is 2.24. The van der Waals surface area contributed by atoms with Crippen molar-refractivity contribution in [1.29, 1.82) is 0 Å². The van der Waals surface area contributed by atoms with Crippen LogP contribution >= 0.6 is 0 Å². The SMILES string of the molecule is CC(C)n1c(-c2ccc(C(=O)NC3CC3)cc2)nc2c(NCCc3ccc(O)cc3)ncnc21. The molecule has 1 aliphatic carbocycles. The number of imidazole rings is 1. The van der Waals surface area contributed by atoms with Gasteiger partial charge in [0.05, 0.1) is 0 Å². The standard InChI is InChI=1S/C26H28N6O2/c1-16(2)32-24(18-5-7-19(8-6-18)26(34)30-20-9-10-20)31-22-23(28-15-29-25(22)32)27-14-13-17-3-11-21(33)12-4-17/h3-8,11-12,15-16,20,33H,9-10,13-14H2,1-2H3,(H,30,34)(H,27,28,29). The summed E-state index contributed by atoms with van der Waals surface area (Å²) in [5, 5.41) is 15.9. The van der Waals surface area contributed by atoms with Crippen LogP contribution in [0, 0.1) is 0 Å². The van der Waals surface area contributed by atoms with Gasteiger partial charge in [-0.1, -0.05) is 24.3 Å². The van der Waals surface area contributed by atoms with E-state index in [0.717, 1.165) is 41.9 Å². The smallest absolute Gasteiger partial charge is 0.251 e. The number of fused-ring (bicyclic) bond motifs is 1. The number of hydrogen-bond acceptors (Lipinski definition) is 6. The van der Waals surface area contributed by atoms with Gasteiger partial charge >= 0.3 is 0 Å². The van der Waals surface area contributed by atoms with Gasteiger partial charge in [-0.2, -0.15) is 0 Å². The Balaban J connectivity index is 1.41. The highest BCUT2D eigenvalue weighted by atomic mass is 16.3. The number of carbonyl (C=O) groups is 1. The number of nitrogens with zero attached hydrogens (tertiary/aromatic N) is 4. The second kappa shape index (κ2) is 9.13. The minimum absolute atomic E-state index is 0.0302. The second-order valence-corrected chi connectivity index (χ2v) is 8.96. The molecule has 0 spiro atoms. The highest BCUT2D eigenvalue weighted by molar-refractivity contribution is 5.95. The second-order valence-electron chi connectivity index (χ2n) is 8.96. The van der Waals surface area contributed by atoms with Crippen molar-refractivity contribution in [2.75, 3.05) is 11.9 Å². The summed E-state index contributed by atoms with van der Waals surface area (Å²) in [4.78, 5) is 26.2. The van der Waals surface area contributed by atoms with E-state index in [1.54, 1.807) is 18.5 Å². The molecule has 1 saturated carbocycles. The molecule has 1 fully saturated rings. The molecule has 1 amide bonds. The Labute approximate surface area is 198 Å². The van der Waals surface area contributed by atoms with E-state index in [2.05, 4.69) is 39.0 Å². The Bertz CT molecular complexity index is 1310. The number of aromatic nitrogens is 4. The van der Waals surface area contributed by atoms with E-state index < -0.39 is 0 Å². The molecule has 3 N–H and O–H groups in total. The summed E-state index contributed by atoms with van der Waals surface area (Å²) in [7, 11) is 0. The Morgan fingerprint density at radius 2 is 1.82 bits per heavy atom. The van der Waals surface area contributed by atoms with Crippen LogP contribution in [0.15, 0.2) is 54.9 Å². The lowest BCUT2D eigenvalue weighted by atomic mass is 10.1. The molecule has 2 aromatic carbocycles. The Morgan fingerprint density at radius 1 is 1.09 bits per heavy atom. The number of anilines is 1. The molecule has 0 radical (unpaired) electrons. The van der Waals surface area contributed by atoms with Gasteiger partial charge in [0.2, 0.25) is 0 Å². The lowest BCUT2D eigenvalue weighted by Crippen LogP contribution is -2.25. The van der Waals surface area contributed by atoms with Gasteiger partial charge in [0.25, 0.3) is 5.91 Å². The zero-order chi connectivity index (χ0) is 23.7. The molecule has 0 unspecified atom stereocenters. The number of nitrogens with one attached hydrogen (secondary N) is 2. The first-order chi connectivity index (χ1) is 16.5. The molecule has 34 heavy (non-hydrogen) atoms. The maximum Gasteiger partial charge on any atom is 0.251 e. The Hall–Kier alpha value is -3.94. The average Bonchev–Trinajstić information content (AvgIpc) is 3.56. The number of carbonyl (C=O) groups excluding carboxylic acids is 1. The van der Waals surface area contributed by atoms with Gasteiger partial charge in [-0.15, -0.1) is 0 Å². The van der Waals surface area contributed by atoms with Crippen LogP contribution in [0.3, 0.4) is 0 Å². The fourth-order valence-corrected chi connectivity index (χ4v) is 3.99. The summed E-state index contributed by atoms with van der Waals surface area (Å²) < 4.78 is 2.10. The third-order valence-corrected chi connectivity index (χ3v) is 5.95. The molecule has 0 atom stereocenters. The molecule has 4 aromatic rings. The van der Waals surface area contributed by atoms with Crippen molar-refractivity contribution in [2.45, 2.75) is 45.2 Å². The van der Waals surface area contributed by atoms with Crippen LogP contribution in [0.5, 0.6) is 5.75 Å². The normalized spacial score (nSPS) is 13.4. The molecule has 1 aliphatic rings. The first-order valence-corrected chi connectivity index (χ1v) is 11.7. The summed E-state index contributed by atoms with van der Waals surface area (Å²) in [6, 6.07) is 15.2. The zero-order valence-corrected chi connectivity index (χ0v) is 19.3. The third-order valence-electron chi connectivity index (χ3n) is 5.95.